The van der Waals surface area contributed by atoms with Crippen LogP contribution < -0.4 is 5.32 Å². The number of nitrogens with one attached hydrogen (secondary N) is 1. The van der Waals surface area contributed by atoms with Crippen molar-refractivity contribution in [3.63, 3.8) is 0 Å². The zero-order valence-corrected chi connectivity index (χ0v) is 12.7. The zero-order valence-electron chi connectivity index (χ0n) is 12.7. The minimum absolute atomic E-state index is 1.06. The molecule has 1 aromatic heterocycles. The van der Waals surface area contributed by atoms with E-state index in [9.17, 15) is 0 Å². The highest BCUT2D eigenvalue weighted by Crippen LogP contribution is 2.11. The maximum absolute atomic E-state index is 4.46. The van der Waals surface area contributed by atoms with Crippen molar-refractivity contribution in [3.8, 4) is 0 Å². The van der Waals surface area contributed by atoms with Crippen LogP contribution >= 0.6 is 0 Å². The molecule has 2 rings (SSSR count). The van der Waals surface area contributed by atoms with E-state index < -0.39 is 0 Å². The molecule has 1 aliphatic rings. The molecule has 0 aliphatic carbocycles. The Labute approximate surface area is 117 Å². The van der Waals surface area contributed by atoms with Crippen molar-refractivity contribution >= 4 is 0 Å². The first-order valence-corrected chi connectivity index (χ1v) is 7.60. The van der Waals surface area contributed by atoms with E-state index in [-0.39, 0.29) is 0 Å². The van der Waals surface area contributed by atoms with Gasteiger partial charge in [0.15, 0.2) is 0 Å². The standard InChI is InChI=1S/C15H28N4/c1-13-15(14(2)18(3)17-13)7-9-16-8-6-12-19-10-4-5-11-19/h16H,4-12H2,1-3H3. The van der Waals surface area contributed by atoms with E-state index in [4.69, 9.17) is 0 Å². The van der Waals surface area contributed by atoms with Crippen molar-refractivity contribution in [1.29, 1.82) is 0 Å². The van der Waals surface area contributed by atoms with Crippen LogP contribution in [0.4, 0.5) is 0 Å². The molecule has 0 spiro atoms. The molecule has 108 valence electrons. The van der Waals surface area contributed by atoms with Crippen molar-refractivity contribution in [3.05, 3.63) is 17.0 Å². The van der Waals surface area contributed by atoms with Crippen LogP contribution in [0.1, 0.15) is 36.2 Å². The van der Waals surface area contributed by atoms with Gasteiger partial charge >= 0.3 is 0 Å². The van der Waals surface area contributed by atoms with Crippen LogP contribution in [0.5, 0.6) is 0 Å². The number of hydrogen-bond acceptors (Lipinski definition) is 3. The lowest BCUT2D eigenvalue weighted by molar-refractivity contribution is 0.331. The fourth-order valence-corrected chi connectivity index (χ4v) is 2.95. The fourth-order valence-electron chi connectivity index (χ4n) is 2.95. The van der Waals surface area contributed by atoms with Crippen LogP contribution in [-0.2, 0) is 13.5 Å². The maximum atomic E-state index is 4.46. The molecule has 0 aromatic carbocycles. The molecule has 1 fully saturated rings. The van der Waals surface area contributed by atoms with E-state index in [0.717, 1.165) is 19.5 Å². The minimum atomic E-state index is 1.06. The van der Waals surface area contributed by atoms with Crippen LogP contribution in [0.2, 0.25) is 0 Å². The maximum Gasteiger partial charge on any atom is 0.0628 e. The van der Waals surface area contributed by atoms with Crippen molar-refractivity contribution in [2.24, 2.45) is 7.05 Å². The lowest BCUT2D eigenvalue weighted by Crippen LogP contribution is -2.26. The van der Waals surface area contributed by atoms with Gasteiger partial charge < -0.3 is 10.2 Å². The second kappa shape index (κ2) is 7.06. The summed E-state index contributed by atoms with van der Waals surface area (Å²) >= 11 is 0. The molecule has 1 aliphatic heterocycles. The normalized spacial score (nSPS) is 16.4. The molecule has 0 bridgehead atoms. The first kappa shape index (κ1) is 14.5. The Bertz CT molecular complexity index is 391. The van der Waals surface area contributed by atoms with E-state index >= 15 is 0 Å². The molecule has 4 nitrogen and oxygen atoms in total. The zero-order chi connectivity index (χ0) is 13.7. The quantitative estimate of drug-likeness (QED) is 0.760. The molecule has 0 unspecified atom stereocenters. The number of aryl methyl sites for hydroxylation is 2. The van der Waals surface area contributed by atoms with Crippen molar-refractivity contribution in [2.75, 3.05) is 32.7 Å². The van der Waals surface area contributed by atoms with Crippen molar-refractivity contribution in [2.45, 2.75) is 39.5 Å². The third kappa shape index (κ3) is 4.05. The third-order valence-electron chi connectivity index (χ3n) is 4.24. The Morgan fingerprint density at radius 2 is 1.89 bits per heavy atom. The highest BCUT2D eigenvalue weighted by molar-refractivity contribution is 5.24. The van der Waals surface area contributed by atoms with Gasteiger partial charge in [0.05, 0.1) is 5.69 Å². The number of hydrogen-bond donors (Lipinski definition) is 1. The Morgan fingerprint density at radius 3 is 2.53 bits per heavy atom. The highest BCUT2D eigenvalue weighted by atomic mass is 15.3. The molecule has 0 atom stereocenters. The fraction of sp³-hybridized carbons (Fsp3) is 0.800. The molecule has 2 heterocycles. The lowest BCUT2D eigenvalue weighted by atomic mass is 10.1. The van der Waals surface area contributed by atoms with Gasteiger partial charge in [-0.15, -0.1) is 0 Å². The van der Waals surface area contributed by atoms with Crippen molar-refractivity contribution in [1.82, 2.24) is 20.0 Å². The van der Waals surface area contributed by atoms with Crippen molar-refractivity contribution < 1.29 is 0 Å². The molecule has 1 N–H and O–H groups in total. The lowest BCUT2D eigenvalue weighted by Gasteiger charge is -2.14. The summed E-state index contributed by atoms with van der Waals surface area (Å²) in [6.07, 6.45) is 5.15. The van der Waals surface area contributed by atoms with Gasteiger partial charge in [0.1, 0.15) is 0 Å². The Morgan fingerprint density at radius 1 is 1.16 bits per heavy atom. The van der Waals surface area contributed by atoms with Gasteiger partial charge in [-0.25, -0.2) is 0 Å². The van der Waals surface area contributed by atoms with E-state index in [0.29, 0.717) is 0 Å². The molecule has 1 saturated heterocycles. The van der Waals surface area contributed by atoms with Gasteiger partial charge in [0.25, 0.3) is 0 Å². The van der Waals surface area contributed by atoms with E-state index in [1.54, 1.807) is 0 Å². The Balaban J connectivity index is 1.58. The second-order valence-corrected chi connectivity index (χ2v) is 5.68. The predicted octanol–water partition coefficient (Wildman–Crippen LogP) is 1.65. The molecular weight excluding hydrogens is 236 g/mol. The van der Waals surface area contributed by atoms with Gasteiger partial charge in [-0.2, -0.15) is 5.10 Å². The van der Waals surface area contributed by atoms with Gasteiger partial charge in [-0.1, -0.05) is 0 Å². The van der Waals surface area contributed by atoms with Gasteiger partial charge in [0, 0.05) is 12.7 Å². The predicted molar refractivity (Wildman–Crippen MR) is 79.5 cm³/mol. The third-order valence-corrected chi connectivity index (χ3v) is 4.24. The van der Waals surface area contributed by atoms with Gasteiger partial charge in [-0.3, -0.25) is 4.68 Å². The summed E-state index contributed by atoms with van der Waals surface area (Å²) in [4.78, 5) is 2.58. The summed E-state index contributed by atoms with van der Waals surface area (Å²) in [6, 6.07) is 0. The number of rotatable bonds is 7. The Hall–Kier alpha value is -0.870. The van der Waals surface area contributed by atoms with Crippen LogP contribution in [-0.4, -0.2) is 47.4 Å². The summed E-state index contributed by atoms with van der Waals surface area (Å²) in [5.41, 5.74) is 3.89. The summed E-state index contributed by atoms with van der Waals surface area (Å²) in [5, 5.41) is 8.02. The monoisotopic (exact) mass is 264 g/mol. The summed E-state index contributed by atoms with van der Waals surface area (Å²) < 4.78 is 1.98. The van der Waals surface area contributed by atoms with Gasteiger partial charge in [-0.05, 0) is 77.8 Å². The van der Waals surface area contributed by atoms with Crippen LogP contribution in [0.3, 0.4) is 0 Å². The van der Waals surface area contributed by atoms with Gasteiger partial charge in [0.2, 0.25) is 0 Å². The van der Waals surface area contributed by atoms with Crippen LogP contribution in [0.15, 0.2) is 0 Å². The topological polar surface area (TPSA) is 33.1 Å². The van der Waals surface area contributed by atoms with Crippen LogP contribution in [0, 0.1) is 13.8 Å². The Kier molecular flexibility index (Phi) is 5.40. The number of nitrogens with zero attached hydrogens (tertiary/aromatic N) is 3. The van der Waals surface area contributed by atoms with E-state index in [1.807, 2.05) is 11.7 Å². The first-order chi connectivity index (χ1) is 9.18. The van der Waals surface area contributed by atoms with E-state index in [1.165, 1.54) is 55.8 Å². The number of aromatic nitrogens is 2. The minimum Gasteiger partial charge on any atom is -0.316 e. The highest BCUT2D eigenvalue weighted by Gasteiger charge is 2.10. The average molecular weight is 264 g/mol. The summed E-state index contributed by atoms with van der Waals surface area (Å²) in [6.45, 7) is 10.3. The SMILES string of the molecule is Cc1nn(C)c(C)c1CCNCCCN1CCCC1. The average Bonchev–Trinajstić information content (AvgIpc) is 2.97. The molecule has 1 aromatic rings. The molecule has 4 heteroatoms. The summed E-state index contributed by atoms with van der Waals surface area (Å²) in [5.74, 6) is 0. The largest absolute Gasteiger partial charge is 0.316 e. The molecular formula is C15H28N4. The second-order valence-electron chi connectivity index (χ2n) is 5.68. The van der Waals surface area contributed by atoms with Crippen LogP contribution in [0.25, 0.3) is 0 Å². The molecule has 0 saturated carbocycles. The first-order valence-electron chi connectivity index (χ1n) is 7.60. The van der Waals surface area contributed by atoms with E-state index in [2.05, 4.69) is 29.2 Å². The smallest absolute Gasteiger partial charge is 0.0628 e. The summed E-state index contributed by atoms with van der Waals surface area (Å²) in [7, 11) is 2.02. The molecule has 0 radical (unpaired) electrons. The number of likely N-dealkylation sites (tertiary alicyclic amines) is 1. The molecule has 0 amide bonds. The molecule has 19 heavy (non-hydrogen) atoms.